The Balaban J connectivity index is 2.07. The molecule has 0 spiro atoms. The zero-order chi connectivity index (χ0) is 11.4. The van der Waals surface area contributed by atoms with Crippen LogP contribution in [0.5, 0.6) is 5.75 Å². The number of hydrogen-bond acceptors (Lipinski definition) is 3. The van der Waals surface area contributed by atoms with Crippen LogP contribution in [-0.4, -0.2) is 17.6 Å². The number of thioether (sulfide) groups is 1. The molecule has 0 bridgehead atoms. The Bertz CT molecular complexity index is 456. The van der Waals surface area contributed by atoms with Gasteiger partial charge in [0, 0.05) is 10.6 Å². The van der Waals surface area contributed by atoms with Crippen molar-refractivity contribution in [2.45, 2.75) is 24.3 Å². The van der Waals surface area contributed by atoms with Crippen LogP contribution in [0.1, 0.15) is 13.3 Å². The number of benzene rings is 1. The smallest absolute Gasteiger partial charge is 0.185 e. The molecule has 0 fully saturated rings. The summed E-state index contributed by atoms with van der Waals surface area (Å²) in [7, 11) is 0. The van der Waals surface area contributed by atoms with Gasteiger partial charge in [-0.05, 0) is 19.1 Å². The number of ether oxygens (including phenoxy) is 1. The van der Waals surface area contributed by atoms with Gasteiger partial charge in [-0.3, -0.25) is 4.79 Å². The van der Waals surface area contributed by atoms with E-state index < -0.39 is 0 Å². The minimum absolute atomic E-state index is 0.0661. The largest absolute Gasteiger partial charge is 0.481 e. The molecule has 1 aliphatic heterocycles. The van der Waals surface area contributed by atoms with E-state index in [4.69, 9.17) is 4.74 Å². The van der Waals surface area contributed by atoms with Gasteiger partial charge in [-0.2, -0.15) is 0 Å². The lowest BCUT2D eigenvalue weighted by Gasteiger charge is -2.23. The zero-order valence-corrected chi connectivity index (χ0v) is 9.84. The zero-order valence-electron chi connectivity index (χ0n) is 9.03. The van der Waals surface area contributed by atoms with Crippen LogP contribution in [0.25, 0.3) is 0 Å². The second kappa shape index (κ2) is 5.09. The van der Waals surface area contributed by atoms with Crippen LogP contribution >= 0.6 is 11.8 Å². The van der Waals surface area contributed by atoms with E-state index in [1.54, 1.807) is 18.7 Å². The second-order valence-corrected chi connectivity index (χ2v) is 4.50. The number of hydrogen-bond donors (Lipinski definition) is 0. The van der Waals surface area contributed by atoms with Crippen molar-refractivity contribution in [2.24, 2.45) is 0 Å². The molecule has 0 saturated carbocycles. The maximum atomic E-state index is 11.7. The van der Waals surface area contributed by atoms with E-state index in [0.717, 1.165) is 10.6 Å². The summed E-state index contributed by atoms with van der Waals surface area (Å²) in [6.45, 7) is 1.74. The molecule has 2 nitrogen and oxygen atoms in total. The number of fused-ring (bicyclic) bond motifs is 1. The summed E-state index contributed by atoms with van der Waals surface area (Å²) in [5.74, 6) is 7.06. The van der Waals surface area contributed by atoms with Gasteiger partial charge in [0.15, 0.2) is 11.9 Å². The SMILES string of the molecule is CC#CCC(=O)C1CSc2ccccc2O1. The van der Waals surface area contributed by atoms with Crippen LogP contribution in [0.15, 0.2) is 29.2 Å². The van der Waals surface area contributed by atoms with Crippen LogP contribution in [0.3, 0.4) is 0 Å². The summed E-state index contributed by atoms with van der Waals surface area (Å²) in [6.07, 6.45) is -0.0649. The molecule has 2 rings (SSSR count). The predicted octanol–water partition coefficient (Wildman–Crippen LogP) is 2.52. The first-order valence-corrected chi connectivity index (χ1v) is 6.10. The lowest BCUT2D eigenvalue weighted by molar-refractivity contribution is -0.124. The van der Waals surface area contributed by atoms with Crippen molar-refractivity contribution in [3.05, 3.63) is 24.3 Å². The summed E-state index contributed by atoms with van der Waals surface area (Å²) in [5.41, 5.74) is 0. The molecular weight excluding hydrogens is 220 g/mol. The molecular formula is C13H12O2S. The molecule has 0 amide bonds. The fourth-order valence-corrected chi connectivity index (χ4v) is 2.49. The van der Waals surface area contributed by atoms with Crippen LogP contribution < -0.4 is 4.74 Å². The average Bonchev–Trinajstić information content (AvgIpc) is 2.35. The van der Waals surface area contributed by atoms with Crippen LogP contribution in [0.2, 0.25) is 0 Å². The normalized spacial score (nSPS) is 17.7. The molecule has 1 aliphatic rings. The van der Waals surface area contributed by atoms with E-state index in [-0.39, 0.29) is 18.3 Å². The van der Waals surface area contributed by atoms with Gasteiger partial charge in [-0.1, -0.05) is 18.1 Å². The topological polar surface area (TPSA) is 26.3 Å². The fraction of sp³-hybridized carbons (Fsp3) is 0.308. The van der Waals surface area contributed by atoms with Gasteiger partial charge in [0.25, 0.3) is 0 Å². The first-order valence-electron chi connectivity index (χ1n) is 5.12. The molecule has 0 saturated heterocycles. The van der Waals surface area contributed by atoms with Gasteiger partial charge in [0.1, 0.15) is 5.75 Å². The minimum Gasteiger partial charge on any atom is -0.481 e. The van der Waals surface area contributed by atoms with Crippen molar-refractivity contribution in [1.82, 2.24) is 0 Å². The van der Waals surface area contributed by atoms with Crippen LogP contribution in [0.4, 0.5) is 0 Å². The van der Waals surface area contributed by atoms with E-state index in [0.29, 0.717) is 5.75 Å². The number of Topliss-reactive ketones (excluding diaryl/α,β-unsaturated/α-hetero) is 1. The second-order valence-electron chi connectivity index (χ2n) is 3.43. The Morgan fingerprint density at radius 3 is 3.19 bits per heavy atom. The number of carbonyl (C=O) groups is 1. The van der Waals surface area contributed by atoms with Crippen molar-refractivity contribution >= 4 is 17.5 Å². The highest BCUT2D eigenvalue weighted by atomic mass is 32.2. The van der Waals surface area contributed by atoms with Crippen molar-refractivity contribution < 1.29 is 9.53 Å². The molecule has 1 unspecified atom stereocenters. The Labute approximate surface area is 99.4 Å². The average molecular weight is 232 g/mol. The maximum Gasteiger partial charge on any atom is 0.185 e. The van der Waals surface area contributed by atoms with E-state index in [1.165, 1.54) is 0 Å². The lowest BCUT2D eigenvalue weighted by Crippen LogP contribution is -2.31. The fourth-order valence-electron chi connectivity index (χ4n) is 1.47. The molecule has 3 heteroatoms. The first-order chi connectivity index (χ1) is 7.81. The number of para-hydroxylation sites is 1. The highest BCUT2D eigenvalue weighted by molar-refractivity contribution is 7.99. The summed E-state index contributed by atoms with van der Waals surface area (Å²) in [5, 5.41) is 0. The van der Waals surface area contributed by atoms with Gasteiger partial charge < -0.3 is 4.74 Å². The summed E-state index contributed by atoms with van der Waals surface area (Å²) < 4.78 is 5.65. The van der Waals surface area contributed by atoms with Gasteiger partial charge >= 0.3 is 0 Å². The monoisotopic (exact) mass is 232 g/mol. The van der Waals surface area contributed by atoms with Crippen molar-refractivity contribution in [3.8, 4) is 17.6 Å². The Morgan fingerprint density at radius 1 is 1.56 bits per heavy atom. The minimum atomic E-state index is -0.347. The Hall–Kier alpha value is -1.40. The molecule has 16 heavy (non-hydrogen) atoms. The van der Waals surface area contributed by atoms with E-state index >= 15 is 0 Å². The van der Waals surface area contributed by atoms with E-state index in [9.17, 15) is 4.79 Å². The number of rotatable bonds is 2. The van der Waals surface area contributed by atoms with Crippen LogP contribution in [-0.2, 0) is 4.79 Å². The molecule has 0 aromatic heterocycles. The van der Waals surface area contributed by atoms with Gasteiger partial charge in [-0.15, -0.1) is 17.7 Å². The standard InChI is InChI=1S/C13H12O2S/c1-2-3-6-10(14)12-9-16-13-8-5-4-7-11(13)15-12/h4-5,7-8,12H,6,9H2,1H3. The van der Waals surface area contributed by atoms with Crippen molar-refractivity contribution in [1.29, 1.82) is 0 Å². The molecule has 0 radical (unpaired) electrons. The van der Waals surface area contributed by atoms with Crippen molar-refractivity contribution in [3.63, 3.8) is 0 Å². The highest BCUT2D eigenvalue weighted by Gasteiger charge is 2.25. The van der Waals surface area contributed by atoms with Gasteiger partial charge in [-0.25, -0.2) is 0 Å². The molecule has 0 aliphatic carbocycles. The maximum absolute atomic E-state index is 11.7. The van der Waals surface area contributed by atoms with E-state index in [1.807, 2.05) is 24.3 Å². The van der Waals surface area contributed by atoms with Crippen molar-refractivity contribution in [2.75, 3.05) is 5.75 Å². The quantitative estimate of drug-likeness (QED) is 0.733. The summed E-state index contributed by atoms with van der Waals surface area (Å²) >= 11 is 1.66. The Morgan fingerprint density at radius 2 is 2.38 bits per heavy atom. The third-order valence-electron chi connectivity index (χ3n) is 2.31. The predicted molar refractivity (Wildman–Crippen MR) is 64.7 cm³/mol. The highest BCUT2D eigenvalue weighted by Crippen LogP contribution is 2.35. The summed E-state index contributed by atoms with van der Waals surface area (Å²) in [4.78, 5) is 12.8. The number of ketones is 1. The molecule has 1 heterocycles. The first kappa shape index (κ1) is 11.1. The third kappa shape index (κ3) is 2.40. The molecule has 1 aromatic rings. The summed E-state index contributed by atoms with van der Waals surface area (Å²) in [6, 6.07) is 7.79. The Kier molecular flexibility index (Phi) is 3.53. The molecule has 0 N–H and O–H groups in total. The molecule has 1 aromatic carbocycles. The van der Waals surface area contributed by atoms with Crippen LogP contribution in [0, 0.1) is 11.8 Å². The van der Waals surface area contributed by atoms with Gasteiger partial charge in [0.05, 0.1) is 6.42 Å². The molecule has 1 atom stereocenters. The molecule has 82 valence electrons. The lowest BCUT2D eigenvalue weighted by atomic mass is 10.2. The number of carbonyl (C=O) groups excluding carboxylic acids is 1. The van der Waals surface area contributed by atoms with Gasteiger partial charge in [0.2, 0.25) is 0 Å². The third-order valence-corrected chi connectivity index (χ3v) is 3.42. The van der Waals surface area contributed by atoms with E-state index in [2.05, 4.69) is 11.8 Å².